The summed E-state index contributed by atoms with van der Waals surface area (Å²) in [6.45, 7) is 12.1. The second-order valence-corrected chi connectivity index (χ2v) is 6.83. The average molecular weight is 351 g/mol. The second kappa shape index (κ2) is 9.28. The molecule has 0 saturated heterocycles. The van der Waals surface area contributed by atoms with E-state index in [2.05, 4.69) is 27.0 Å². The predicted octanol–water partition coefficient (Wildman–Crippen LogP) is 6.73. The summed E-state index contributed by atoms with van der Waals surface area (Å²) >= 11 is 0. The van der Waals surface area contributed by atoms with Gasteiger partial charge in [-0.3, -0.25) is 0 Å². The number of rotatable bonds is 9. The number of aromatic hydroxyl groups is 2. The van der Waals surface area contributed by atoms with Gasteiger partial charge in [0.1, 0.15) is 11.5 Å². The molecule has 0 radical (unpaired) electrons. The van der Waals surface area contributed by atoms with Crippen LogP contribution in [-0.4, -0.2) is 10.2 Å². The van der Waals surface area contributed by atoms with Gasteiger partial charge in [0.25, 0.3) is 0 Å². The monoisotopic (exact) mass is 350 g/mol. The minimum absolute atomic E-state index is 0.199. The molecule has 0 spiro atoms. The van der Waals surface area contributed by atoms with Crippen molar-refractivity contribution in [1.82, 2.24) is 0 Å². The number of unbranched alkanes of at least 4 members (excludes halogenated alkanes) is 1. The zero-order chi connectivity index (χ0) is 19.1. The van der Waals surface area contributed by atoms with Crippen LogP contribution in [0.2, 0.25) is 0 Å². The number of hydrogen-bond acceptors (Lipinski definition) is 2. The number of hydrogen-bond donors (Lipinski definition) is 2. The van der Waals surface area contributed by atoms with Crippen molar-refractivity contribution in [1.29, 1.82) is 0 Å². The van der Waals surface area contributed by atoms with E-state index in [-0.39, 0.29) is 17.4 Å². The molecule has 0 saturated carbocycles. The van der Waals surface area contributed by atoms with Gasteiger partial charge >= 0.3 is 0 Å². The van der Waals surface area contributed by atoms with E-state index in [4.69, 9.17) is 0 Å². The quantitative estimate of drug-likeness (QED) is 0.526. The Bertz CT molecular complexity index is 703. The molecule has 0 aliphatic carbocycles. The molecule has 1 atom stereocenters. The first kappa shape index (κ1) is 19.8. The summed E-state index contributed by atoms with van der Waals surface area (Å²) < 4.78 is 0. The summed E-state index contributed by atoms with van der Waals surface area (Å²) in [5.74, 6) is 1.19. The van der Waals surface area contributed by atoms with E-state index in [1.54, 1.807) is 24.3 Å². The maximum Gasteiger partial charge on any atom is 0.122 e. The average Bonchev–Trinajstić information content (AvgIpc) is 2.66. The minimum atomic E-state index is 0.199. The molecule has 2 aromatic carbocycles. The Morgan fingerprint density at radius 3 is 1.77 bits per heavy atom. The third-order valence-electron chi connectivity index (χ3n) is 5.19. The first-order valence-corrected chi connectivity index (χ1v) is 9.46. The Morgan fingerprint density at radius 2 is 1.38 bits per heavy atom. The molecule has 0 amide bonds. The molecule has 0 aromatic heterocycles. The summed E-state index contributed by atoms with van der Waals surface area (Å²) in [5.41, 5.74) is 3.84. The highest BCUT2D eigenvalue weighted by molar-refractivity contribution is 5.59. The molecule has 0 aliphatic heterocycles. The first-order valence-electron chi connectivity index (χ1n) is 9.46. The van der Waals surface area contributed by atoms with Crippen molar-refractivity contribution in [2.75, 3.05) is 0 Å². The lowest BCUT2D eigenvalue weighted by molar-refractivity contribution is 0.404. The molecule has 0 fully saturated rings. The lowest BCUT2D eigenvalue weighted by atomic mass is 9.76. The van der Waals surface area contributed by atoms with Crippen LogP contribution in [0, 0.1) is 5.92 Å². The van der Waals surface area contributed by atoms with E-state index in [1.165, 1.54) is 24.0 Å². The fourth-order valence-corrected chi connectivity index (χ4v) is 3.67. The van der Waals surface area contributed by atoms with Crippen LogP contribution in [-0.2, 0) is 0 Å². The van der Waals surface area contributed by atoms with Crippen LogP contribution in [0.25, 0.3) is 12.2 Å². The van der Waals surface area contributed by atoms with Crippen molar-refractivity contribution >= 4 is 12.2 Å². The van der Waals surface area contributed by atoms with E-state index in [1.807, 2.05) is 24.3 Å². The lowest BCUT2D eigenvalue weighted by Crippen LogP contribution is -2.14. The smallest absolute Gasteiger partial charge is 0.122 e. The van der Waals surface area contributed by atoms with Crippen LogP contribution in [0.4, 0.5) is 0 Å². The largest absolute Gasteiger partial charge is 0.507 e. The van der Waals surface area contributed by atoms with Crippen molar-refractivity contribution in [2.24, 2.45) is 5.92 Å². The van der Waals surface area contributed by atoms with Gasteiger partial charge in [0.15, 0.2) is 0 Å². The fourth-order valence-electron chi connectivity index (χ4n) is 3.67. The summed E-state index contributed by atoms with van der Waals surface area (Å²) in [6, 6.07) is 11.6. The van der Waals surface area contributed by atoms with Gasteiger partial charge in [-0.15, -0.1) is 0 Å². The third kappa shape index (κ3) is 4.37. The molecule has 26 heavy (non-hydrogen) atoms. The number of benzene rings is 2. The van der Waals surface area contributed by atoms with E-state index in [9.17, 15) is 10.2 Å². The van der Waals surface area contributed by atoms with Gasteiger partial charge in [-0.05, 0) is 47.7 Å². The molecular formula is C24H30O2. The maximum atomic E-state index is 10.0. The molecular weight excluding hydrogens is 320 g/mol. The zero-order valence-electron chi connectivity index (χ0n) is 15.9. The molecule has 2 nitrogen and oxygen atoms in total. The van der Waals surface area contributed by atoms with Crippen molar-refractivity contribution in [2.45, 2.75) is 45.4 Å². The van der Waals surface area contributed by atoms with Crippen LogP contribution in [0.1, 0.15) is 67.7 Å². The fraction of sp³-hybridized carbons (Fsp3) is 0.333. The number of phenolic OH excluding ortho intramolecular Hbond substituents is 2. The molecule has 1 unspecified atom stereocenters. The Kier molecular flexibility index (Phi) is 7.08. The predicted molar refractivity (Wildman–Crippen MR) is 112 cm³/mol. The first-order chi connectivity index (χ1) is 12.5. The highest BCUT2D eigenvalue weighted by Gasteiger charge is 2.24. The highest BCUT2D eigenvalue weighted by Crippen LogP contribution is 2.39. The number of phenols is 2. The Balaban J connectivity index is 2.58. The van der Waals surface area contributed by atoms with E-state index in [0.29, 0.717) is 5.92 Å². The maximum absolute atomic E-state index is 10.0. The standard InChI is InChI=1S/C24H30O2/c1-5-9-10-17(6-2)24(20-11-13-22(25)18(7-3)15-20)21-12-14-23(26)19(8-4)16-21/h7-8,11-17,24-26H,3-6,9-10H2,1-2H3. The Morgan fingerprint density at radius 1 is 0.885 bits per heavy atom. The van der Waals surface area contributed by atoms with Crippen molar-refractivity contribution in [3.63, 3.8) is 0 Å². The van der Waals surface area contributed by atoms with Gasteiger partial charge in [0, 0.05) is 17.0 Å². The normalized spacial score (nSPS) is 12.1. The van der Waals surface area contributed by atoms with Gasteiger partial charge in [-0.2, -0.15) is 0 Å². The van der Waals surface area contributed by atoms with Crippen LogP contribution in [0.3, 0.4) is 0 Å². The molecule has 0 heterocycles. The topological polar surface area (TPSA) is 40.5 Å². The third-order valence-corrected chi connectivity index (χ3v) is 5.19. The highest BCUT2D eigenvalue weighted by atomic mass is 16.3. The molecule has 138 valence electrons. The second-order valence-electron chi connectivity index (χ2n) is 6.83. The zero-order valence-corrected chi connectivity index (χ0v) is 15.9. The van der Waals surface area contributed by atoms with Gasteiger partial charge < -0.3 is 10.2 Å². The van der Waals surface area contributed by atoms with E-state index < -0.39 is 0 Å². The van der Waals surface area contributed by atoms with Crippen LogP contribution >= 0.6 is 0 Å². The minimum Gasteiger partial charge on any atom is -0.507 e. The molecule has 2 heteroatoms. The van der Waals surface area contributed by atoms with Crippen molar-refractivity contribution in [3.8, 4) is 11.5 Å². The van der Waals surface area contributed by atoms with Gasteiger partial charge in [-0.25, -0.2) is 0 Å². The van der Waals surface area contributed by atoms with E-state index in [0.717, 1.165) is 24.0 Å². The summed E-state index contributed by atoms with van der Waals surface area (Å²) in [4.78, 5) is 0. The van der Waals surface area contributed by atoms with E-state index >= 15 is 0 Å². The molecule has 2 aromatic rings. The van der Waals surface area contributed by atoms with Crippen LogP contribution in [0.15, 0.2) is 49.6 Å². The Labute approximate surface area is 157 Å². The van der Waals surface area contributed by atoms with Crippen LogP contribution in [0.5, 0.6) is 11.5 Å². The summed E-state index contributed by atoms with van der Waals surface area (Å²) in [7, 11) is 0. The molecule has 0 bridgehead atoms. The molecule has 2 N–H and O–H groups in total. The summed E-state index contributed by atoms with van der Waals surface area (Å²) in [5, 5.41) is 20.1. The lowest BCUT2D eigenvalue weighted by Gasteiger charge is -2.28. The molecule has 0 aliphatic rings. The Hall–Kier alpha value is -2.48. The van der Waals surface area contributed by atoms with Gasteiger partial charge in [0.2, 0.25) is 0 Å². The van der Waals surface area contributed by atoms with Crippen molar-refractivity contribution in [3.05, 3.63) is 71.8 Å². The van der Waals surface area contributed by atoms with Gasteiger partial charge in [0.05, 0.1) is 0 Å². The summed E-state index contributed by atoms with van der Waals surface area (Å²) in [6.07, 6.45) is 7.95. The van der Waals surface area contributed by atoms with Gasteiger partial charge in [-0.1, -0.05) is 70.6 Å². The van der Waals surface area contributed by atoms with Crippen LogP contribution < -0.4 is 0 Å². The van der Waals surface area contributed by atoms with Crippen molar-refractivity contribution < 1.29 is 10.2 Å². The molecule has 2 rings (SSSR count). The SMILES string of the molecule is C=Cc1cc(C(c2ccc(O)c(C=C)c2)C(CC)CCCC)ccc1O.